The highest BCUT2D eigenvalue weighted by atomic mass is 19.1. The molecule has 1 aromatic rings. The van der Waals surface area contributed by atoms with Gasteiger partial charge in [-0.15, -0.1) is 0 Å². The van der Waals surface area contributed by atoms with Crippen LogP contribution in [-0.4, -0.2) is 26.5 Å². The molecular formula is C11H16FN3O. The molecule has 88 valence electrons. The minimum atomic E-state index is -0.485. The van der Waals surface area contributed by atoms with Gasteiger partial charge in [-0.1, -0.05) is 6.07 Å². The molecule has 0 unspecified atom stereocenters. The van der Waals surface area contributed by atoms with Gasteiger partial charge in [0.05, 0.1) is 12.2 Å². The predicted molar refractivity (Wildman–Crippen MR) is 61.6 cm³/mol. The third-order valence-electron chi connectivity index (χ3n) is 2.20. The summed E-state index contributed by atoms with van der Waals surface area (Å²) in [5.41, 5.74) is 6.28. The van der Waals surface area contributed by atoms with E-state index in [1.54, 1.807) is 20.2 Å². The highest BCUT2D eigenvalue weighted by molar-refractivity contribution is 5.79. The molecule has 4 nitrogen and oxygen atoms in total. The second-order valence-electron chi connectivity index (χ2n) is 3.64. The number of carbonyl (C=O) groups is 1. The lowest BCUT2D eigenvalue weighted by atomic mass is 10.2. The smallest absolute Gasteiger partial charge is 0.236 e. The average molecular weight is 225 g/mol. The number of anilines is 1. The zero-order valence-electron chi connectivity index (χ0n) is 9.46. The van der Waals surface area contributed by atoms with E-state index in [0.717, 1.165) is 5.56 Å². The van der Waals surface area contributed by atoms with Crippen LogP contribution in [0.2, 0.25) is 0 Å². The maximum absolute atomic E-state index is 13.7. The van der Waals surface area contributed by atoms with Crippen LogP contribution in [0, 0.1) is 5.82 Å². The Morgan fingerprint density at radius 1 is 1.56 bits per heavy atom. The standard InChI is InChI=1S/C11H16FN3O/c1-14-6-8-3-4-10(9(12)5-8)15(2)7-11(13)16/h3-5,14H,6-7H2,1-2H3,(H2,13,16). The molecule has 0 atom stereocenters. The zero-order chi connectivity index (χ0) is 12.1. The molecule has 0 aliphatic heterocycles. The van der Waals surface area contributed by atoms with Gasteiger partial charge in [-0.05, 0) is 24.7 Å². The first-order valence-electron chi connectivity index (χ1n) is 4.97. The Labute approximate surface area is 94.2 Å². The number of nitrogens with zero attached hydrogens (tertiary/aromatic N) is 1. The molecule has 0 radical (unpaired) electrons. The average Bonchev–Trinajstić information content (AvgIpc) is 2.16. The second kappa shape index (κ2) is 5.46. The third kappa shape index (κ3) is 3.20. The normalized spacial score (nSPS) is 10.2. The number of hydrogen-bond donors (Lipinski definition) is 2. The molecule has 0 saturated carbocycles. The number of amides is 1. The van der Waals surface area contributed by atoms with Crippen LogP contribution in [0.25, 0.3) is 0 Å². The molecule has 1 rings (SSSR count). The van der Waals surface area contributed by atoms with Crippen molar-refractivity contribution in [1.29, 1.82) is 0 Å². The van der Waals surface area contributed by atoms with Gasteiger partial charge in [0.15, 0.2) is 0 Å². The number of hydrogen-bond acceptors (Lipinski definition) is 3. The summed E-state index contributed by atoms with van der Waals surface area (Å²) >= 11 is 0. The van der Waals surface area contributed by atoms with Crippen LogP contribution in [0.15, 0.2) is 18.2 Å². The summed E-state index contributed by atoms with van der Waals surface area (Å²) in [6.45, 7) is 0.610. The topological polar surface area (TPSA) is 58.4 Å². The highest BCUT2D eigenvalue weighted by Crippen LogP contribution is 2.19. The van der Waals surface area contributed by atoms with Crippen molar-refractivity contribution in [2.45, 2.75) is 6.54 Å². The minimum Gasteiger partial charge on any atom is -0.368 e. The molecule has 0 saturated heterocycles. The fourth-order valence-electron chi connectivity index (χ4n) is 1.49. The number of carbonyl (C=O) groups excluding carboxylic acids is 1. The molecule has 1 aromatic carbocycles. The lowest BCUT2D eigenvalue weighted by molar-refractivity contribution is -0.116. The summed E-state index contributed by atoms with van der Waals surface area (Å²) in [7, 11) is 3.42. The van der Waals surface area contributed by atoms with Gasteiger partial charge < -0.3 is 16.0 Å². The number of nitrogens with two attached hydrogens (primary N) is 1. The van der Waals surface area contributed by atoms with E-state index < -0.39 is 5.91 Å². The molecule has 3 N–H and O–H groups in total. The number of rotatable bonds is 5. The Morgan fingerprint density at radius 2 is 2.25 bits per heavy atom. The summed E-state index contributed by atoms with van der Waals surface area (Å²) in [5, 5.41) is 2.94. The number of primary amides is 1. The van der Waals surface area contributed by atoms with E-state index in [4.69, 9.17) is 5.73 Å². The van der Waals surface area contributed by atoms with Crippen LogP contribution in [0.1, 0.15) is 5.56 Å². The van der Waals surface area contributed by atoms with Crippen LogP contribution < -0.4 is 16.0 Å². The van der Waals surface area contributed by atoms with Crippen molar-refractivity contribution in [3.05, 3.63) is 29.6 Å². The molecule has 0 aliphatic rings. The molecule has 16 heavy (non-hydrogen) atoms. The lowest BCUT2D eigenvalue weighted by Crippen LogP contribution is -2.31. The van der Waals surface area contributed by atoms with Gasteiger partial charge in [-0.3, -0.25) is 4.79 Å². The maximum atomic E-state index is 13.7. The molecule has 0 fully saturated rings. The van der Waals surface area contributed by atoms with E-state index in [1.165, 1.54) is 11.0 Å². The first kappa shape index (κ1) is 12.4. The Morgan fingerprint density at radius 3 is 2.75 bits per heavy atom. The predicted octanol–water partition coefficient (Wildman–Crippen LogP) is 0.467. The van der Waals surface area contributed by atoms with E-state index in [0.29, 0.717) is 12.2 Å². The van der Waals surface area contributed by atoms with Gasteiger partial charge in [0.2, 0.25) is 5.91 Å². The van der Waals surface area contributed by atoms with E-state index >= 15 is 0 Å². The Kier molecular flexibility index (Phi) is 4.25. The zero-order valence-corrected chi connectivity index (χ0v) is 9.46. The largest absolute Gasteiger partial charge is 0.368 e. The summed E-state index contributed by atoms with van der Waals surface area (Å²) in [5.74, 6) is -0.835. The number of nitrogens with one attached hydrogen (secondary N) is 1. The van der Waals surface area contributed by atoms with Gasteiger partial charge >= 0.3 is 0 Å². The molecule has 1 amide bonds. The van der Waals surface area contributed by atoms with Crippen molar-refractivity contribution >= 4 is 11.6 Å². The maximum Gasteiger partial charge on any atom is 0.236 e. The number of halogens is 1. The molecule has 0 aromatic heterocycles. The lowest BCUT2D eigenvalue weighted by Gasteiger charge is -2.18. The van der Waals surface area contributed by atoms with Crippen LogP contribution in [0.5, 0.6) is 0 Å². The fourth-order valence-corrected chi connectivity index (χ4v) is 1.49. The number of benzene rings is 1. The van der Waals surface area contributed by atoms with E-state index in [2.05, 4.69) is 5.32 Å². The SMILES string of the molecule is CNCc1ccc(N(C)CC(N)=O)c(F)c1. The summed E-state index contributed by atoms with van der Waals surface area (Å²) < 4.78 is 13.7. The van der Waals surface area contributed by atoms with Crippen LogP contribution >= 0.6 is 0 Å². The van der Waals surface area contributed by atoms with Crippen molar-refractivity contribution in [2.75, 3.05) is 25.5 Å². The highest BCUT2D eigenvalue weighted by Gasteiger charge is 2.09. The minimum absolute atomic E-state index is 0.00228. The summed E-state index contributed by atoms with van der Waals surface area (Å²) in [4.78, 5) is 12.2. The molecular weight excluding hydrogens is 209 g/mol. The van der Waals surface area contributed by atoms with Gasteiger partial charge in [-0.2, -0.15) is 0 Å². The summed E-state index contributed by atoms with van der Waals surface area (Å²) in [6, 6.07) is 4.90. The van der Waals surface area contributed by atoms with Crippen molar-refractivity contribution in [3.63, 3.8) is 0 Å². The summed E-state index contributed by atoms with van der Waals surface area (Å²) in [6.07, 6.45) is 0. The first-order chi connectivity index (χ1) is 7.54. The fraction of sp³-hybridized carbons (Fsp3) is 0.364. The van der Waals surface area contributed by atoms with Gasteiger partial charge in [-0.25, -0.2) is 4.39 Å². The molecule has 5 heteroatoms. The third-order valence-corrected chi connectivity index (χ3v) is 2.20. The Bertz CT molecular complexity index is 381. The molecule has 0 bridgehead atoms. The second-order valence-corrected chi connectivity index (χ2v) is 3.64. The molecule has 0 heterocycles. The Hall–Kier alpha value is -1.62. The van der Waals surface area contributed by atoms with Crippen molar-refractivity contribution in [2.24, 2.45) is 5.73 Å². The molecule has 0 spiro atoms. The van der Waals surface area contributed by atoms with Gasteiger partial charge in [0.25, 0.3) is 0 Å². The Balaban J connectivity index is 2.85. The quantitative estimate of drug-likeness (QED) is 0.765. The number of likely N-dealkylation sites (N-methyl/N-ethyl adjacent to an activating group) is 1. The van der Waals surface area contributed by atoms with E-state index in [-0.39, 0.29) is 12.4 Å². The van der Waals surface area contributed by atoms with E-state index in [1.807, 2.05) is 6.07 Å². The van der Waals surface area contributed by atoms with Gasteiger partial charge in [0, 0.05) is 13.6 Å². The van der Waals surface area contributed by atoms with Crippen molar-refractivity contribution in [3.8, 4) is 0 Å². The van der Waals surface area contributed by atoms with Crippen LogP contribution in [0.3, 0.4) is 0 Å². The monoisotopic (exact) mass is 225 g/mol. The molecule has 0 aliphatic carbocycles. The van der Waals surface area contributed by atoms with E-state index in [9.17, 15) is 9.18 Å². The van der Waals surface area contributed by atoms with Crippen LogP contribution in [-0.2, 0) is 11.3 Å². The van der Waals surface area contributed by atoms with Gasteiger partial charge in [0.1, 0.15) is 5.82 Å². The van der Waals surface area contributed by atoms with Crippen molar-refractivity contribution in [1.82, 2.24) is 5.32 Å². The van der Waals surface area contributed by atoms with Crippen molar-refractivity contribution < 1.29 is 9.18 Å². The van der Waals surface area contributed by atoms with Crippen LogP contribution in [0.4, 0.5) is 10.1 Å². The first-order valence-corrected chi connectivity index (χ1v) is 4.97.